The third-order valence-corrected chi connectivity index (χ3v) is 4.83. The van der Waals surface area contributed by atoms with Crippen molar-refractivity contribution in [2.75, 3.05) is 32.1 Å². The van der Waals surface area contributed by atoms with Gasteiger partial charge in [0.25, 0.3) is 10.0 Å². The number of thioether (sulfide) groups is 1. The van der Waals surface area contributed by atoms with Crippen LogP contribution in [0.15, 0.2) is 21.6 Å². The molecule has 0 saturated heterocycles. The van der Waals surface area contributed by atoms with Gasteiger partial charge in [-0.2, -0.15) is 0 Å². The Balaban J connectivity index is 2.42. The molecule has 0 spiro atoms. The molecule has 0 radical (unpaired) electrons. The zero-order chi connectivity index (χ0) is 14.3. The van der Waals surface area contributed by atoms with Crippen LogP contribution in [0.5, 0.6) is 0 Å². The number of terminal acetylenes is 1. The van der Waals surface area contributed by atoms with Gasteiger partial charge in [0.2, 0.25) is 5.09 Å². The molecule has 1 aromatic rings. The van der Waals surface area contributed by atoms with E-state index in [1.54, 1.807) is 17.8 Å². The lowest BCUT2D eigenvalue weighted by molar-refractivity contribution is 0.391. The van der Waals surface area contributed by atoms with Gasteiger partial charge in [0.05, 0.1) is 12.3 Å². The van der Waals surface area contributed by atoms with Gasteiger partial charge in [-0.15, -0.1) is 18.2 Å². The van der Waals surface area contributed by atoms with Crippen molar-refractivity contribution >= 4 is 21.8 Å². The minimum atomic E-state index is -3.49. The van der Waals surface area contributed by atoms with Gasteiger partial charge in [0, 0.05) is 26.4 Å². The summed E-state index contributed by atoms with van der Waals surface area (Å²) in [6.07, 6.45) is 5.14. The molecule has 0 aromatic carbocycles. The summed E-state index contributed by atoms with van der Waals surface area (Å²) < 4.78 is 30.0. The Morgan fingerprint density at radius 2 is 2.21 bits per heavy atom. The molecule has 1 N–H and O–H groups in total. The Morgan fingerprint density at radius 1 is 1.47 bits per heavy atom. The van der Waals surface area contributed by atoms with Crippen molar-refractivity contribution in [2.45, 2.75) is 11.6 Å². The minimum absolute atomic E-state index is 0.0315. The van der Waals surface area contributed by atoms with Crippen molar-refractivity contribution in [3.63, 3.8) is 0 Å². The van der Waals surface area contributed by atoms with E-state index in [0.29, 0.717) is 18.1 Å². The predicted octanol–water partition coefficient (Wildman–Crippen LogP) is 0.986. The molecule has 0 aliphatic heterocycles. The van der Waals surface area contributed by atoms with Crippen molar-refractivity contribution in [3.05, 3.63) is 17.9 Å². The highest BCUT2D eigenvalue weighted by molar-refractivity contribution is 7.99. The summed E-state index contributed by atoms with van der Waals surface area (Å²) in [6, 6.07) is 3.14. The summed E-state index contributed by atoms with van der Waals surface area (Å²) in [5.41, 5.74) is 0. The summed E-state index contributed by atoms with van der Waals surface area (Å²) in [4.78, 5) is 0. The number of sulfonamides is 1. The van der Waals surface area contributed by atoms with Crippen LogP contribution in [0, 0.1) is 12.3 Å². The van der Waals surface area contributed by atoms with Gasteiger partial charge in [-0.3, -0.25) is 0 Å². The molecule has 0 aliphatic carbocycles. The zero-order valence-electron chi connectivity index (χ0n) is 11.0. The third kappa shape index (κ3) is 4.91. The summed E-state index contributed by atoms with van der Waals surface area (Å²) in [6.45, 7) is 1.29. The van der Waals surface area contributed by atoms with E-state index in [4.69, 9.17) is 10.8 Å². The van der Waals surface area contributed by atoms with Crippen LogP contribution in [0.3, 0.4) is 0 Å². The van der Waals surface area contributed by atoms with Crippen molar-refractivity contribution in [1.29, 1.82) is 0 Å². The molecule has 1 rings (SSSR count). The second-order valence-corrected chi connectivity index (χ2v) is 7.13. The van der Waals surface area contributed by atoms with Gasteiger partial charge in [-0.25, -0.2) is 12.7 Å². The average molecular weight is 302 g/mol. The van der Waals surface area contributed by atoms with Gasteiger partial charge < -0.3 is 9.73 Å². The highest BCUT2D eigenvalue weighted by atomic mass is 32.2. The maximum absolute atomic E-state index is 11.8. The number of hydrogen-bond acceptors (Lipinski definition) is 5. The van der Waals surface area contributed by atoms with E-state index in [1.165, 1.54) is 20.2 Å². The first-order chi connectivity index (χ1) is 8.98. The van der Waals surface area contributed by atoms with Crippen molar-refractivity contribution in [2.24, 2.45) is 0 Å². The van der Waals surface area contributed by atoms with Crippen molar-refractivity contribution < 1.29 is 12.8 Å². The SMILES string of the molecule is C#CCSCCNCc1ccc(S(=O)(=O)N(C)C)o1. The molecule has 106 valence electrons. The standard InChI is InChI=1S/C12H18N2O3S2/c1-4-8-18-9-7-13-10-11-5-6-12(17-11)19(15,16)14(2)3/h1,5-6,13H,7-10H2,2-3H3. The van der Waals surface area contributed by atoms with E-state index in [2.05, 4.69) is 11.2 Å². The van der Waals surface area contributed by atoms with E-state index < -0.39 is 10.0 Å². The maximum atomic E-state index is 11.8. The minimum Gasteiger partial charge on any atom is -0.447 e. The predicted molar refractivity (Wildman–Crippen MR) is 77.4 cm³/mol. The maximum Gasteiger partial charge on any atom is 0.275 e. The Kier molecular flexibility index (Phi) is 6.45. The lowest BCUT2D eigenvalue weighted by atomic mass is 10.4. The highest BCUT2D eigenvalue weighted by Crippen LogP contribution is 2.16. The molecule has 0 unspecified atom stereocenters. The zero-order valence-corrected chi connectivity index (χ0v) is 12.7. The van der Waals surface area contributed by atoms with Crippen LogP contribution in [-0.2, 0) is 16.6 Å². The van der Waals surface area contributed by atoms with Crippen molar-refractivity contribution in [3.8, 4) is 12.3 Å². The van der Waals surface area contributed by atoms with E-state index in [1.807, 2.05) is 0 Å². The summed E-state index contributed by atoms with van der Waals surface area (Å²) >= 11 is 1.67. The Morgan fingerprint density at radius 3 is 2.84 bits per heavy atom. The Hall–Kier alpha value is -0.940. The van der Waals surface area contributed by atoms with E-state index >= 15 is 0 Å². The van der Waals surface area contributed by atoms with Crippen LogP contribution in [-0.4, -0.2) is 44.9 Å². The van der Waals surface area contributed by atoms with Gasteiger partial charge in [0.15, 0.2) is 0 Å². The summed E-state index contributed by atoms with van der Waals surface area (Å²) in [5.74, 6) is 4.76. The van der Waals surface area contributed by atoms with Crippen LogP contribution < -0.4 is 5.32 Å². The number of furan rings is 1. The molecule has 0 aliphatic rings. The first-order valence-electron chi connectivity index (χ1n) is 5.71. The molecule has 0 fully saturated rings. The van der Waals surface area contributed by atoms with E-state index in [9.17, 15) is 8.42 Å². The fourth-order valence-corrected chi connectivity index (χ4v) is 2.62. The number of nitrogens with zero attached hydrogens (tertiary/aromatic N) is 1. The molecule has 0 atom stereocenters. The molecule has 1 heterocycles. The molecule has 0 saturated carbocycles. The monoisotopic (exact) mass is 302 g/mol. The lowest BCUT2D eigenvalue weighted by Gasteiger charge is -2.07. The second-order valence-electron chi connectivity index (χ2n) is 3.94. The van der Waals surface area contributed by atoms with Crippen LogP contribution in [0.1, 0.15) is 5.76 Å². The fraction of sp³-hybridized carbons (Fsp3) is 0.500. The van der Waals surface area contributed by atoms with E-state index in [-0.39, 0.29) is 5.09 Å². The molecule has 19 heavy (non-hydrogen) atoms. The average Bonchev–Trinajstić information content (AvgIpc) is 2.82. The van der Waals surface area contributed by atoms with Gasteiger partial charge in [0.1, 0.15) is 5.76 Å². The quantitative estimate of drug-likeness (QED) is 0.573. The third-order valence-electron chi connectivity index (χ3n) is 2.28. The fourth-order valence-electron chi connectivity index (χ4n) is 1.26. The second kappa shape index (κ2) is 7.60. The number of nitrogens with one attached hydrogen (secondary N) is 1. The number of hydrogen-bond donors (Lipinski definition) is 1. The van der Waals surface area contributed by atoms with Crippen LogP contribution >= 0.6 is 11.8 Å². The van der Waals surface area contributed by atoms with Gasteiger partial charge in [-0.1, -0.05) is 5.92 Å². The molecule has 1 aromatic heterocycles. The number of rotatable bonds is 8. The Labute approximate surface area is 118 Å². The first kappa shape index (κ1) is 16.1. The molecule has 0 bridgehead atoms. The van der Waals surface area contributed by atoms with E-state index in [0.717, 1.165) is 16.6 Å². The highest BCUT2D eigenvalue weighted by Gasteiger charge is 2.21. The molecule has 0 amide bonds. The topological polar surface area (TPSA) is 62.6 Å². The summed E-state index contributed by atoms with van der Waals surface area (Å²) in [5, 5.41) is 3.13. The van der Waals surface area contributed by atoms with Crippen LogP contribution in [0.4, 0.5) is 0 Å². The smallest absolute Gasteiger partial charge is 0.275 e. The van der Waals surface area contributed by atoms with Crippen LogP contribution in [0.25, 0.3) is 0 Å². The van der Waals surface area contributed by atoms with Crippen molar-refractivity contribution in [1.82, 2.24) is 9.62 Å². The molecule has 7 heteroatoms. The molecule has 5 nitrogen and oxygen atoms in total. The largest absolute Gasteiger partial charge is 0.447 e. The molecular formula is C12H18N2O3S2. The lowest BCUT2D eigenvalue weighted by Crippen LogP contribution is -2.21. The van der Waals surface area contributed by atoms with Gasteiger partial charge in [-0.05, 0) is 12.1 Å². The summed E-state index contributed by atoms with van der Waals surface area (Å²) in [7, 11) is -0.545. The van der Waals surface area contributed by atoms with Crippen LogP contribution in [0.2, 0.25) is 0 Å². The molecular weight excluding hydrogens is 284 g/mol. The first-order valence-corrected chi connectivity index (χ1v) is 8.31. The Bertz CT molecular complexity index is 529. The van der Waals surface area contributed by atoms with Gasteiger partial charge >= 0.3 is 0 Å². The normalized spacial score (nSPS) is 11.7.